The van der Waals surface area contributed by atoms with Crippen molar-refractivity contribution in [3.8, 4) is 0 Å². The van der Waals surface area contributed by atoms with Gasteiger partial charge in [-0.05, 0) is 32.0 Å². The molecule has 0 spiro atoms. The fraction of sp³-hybridized carbons (Fsp3) is 0.412. The average molecular weight is 327 g/mol. The molecule has 1 fully saturated rings. The zero-order valence-corrected chi connectivity index (χ0v) is 13.6. The second-order valence-electron chi connectivity index (χ2n) is 6.00. The molecule has 3 heterocycles. The van der Waals surface area contributed by atoms with E-state index in [4.69, 9.17) is 5.11 Å². The maximum Gasteiger partial charge on any atom is 0.304 e. The maximum atomic E-state index is 10.7. The third-order valence-electron chi connectivity index (χ3n) is 4.11. The minimum atomic E-state index is -0.752. The molecule has 3 rings (SSSR count). The summed E-state index contributed by atoms with van der Waals surface area (Å²) in [6.07, 6.45) is 2.90. The summed E-state index contributed by atoms with van der Waals surface area (Å²) in [5, 5.41) is 12.0. The first-order chi connectivity index (χ1) is 11.6. The molecule has 0 aromatic carbocycles. The van der Waals surface area contributed by atoms with Crippen LogP contribution in [0.1, 0.15) is 30.3 Å². The number of aryl methyl sites for hydroxylation is 1. The first kappa shape index (κ1) is 16.3. The van der Waals surface area contributed by atoms with Crippen molar-refractivity contribution in [1.29, 1.82) is 0 Å². The number of hydrogen-bond donors (Lipinski definition) is 2. The van der Waals surface area contributed by atoms with Gasteiger partial charge in [0.25, 0.3) is 0 Å². The molecule has 0 saturated carbocycles. The second-order valence-corrected chi connectivity index (χ2v) is 6.00. The zero-order chi connectivity index (χ0) is 16.9. The highest BCUT2D eigenvalue weighted by Gasteiger charge is 2.25. The first-order valence-corrected chi connectivity index (χ1v) is 8.08. The molecule has 1 saturated heterocycles. The molecule has 2 N–H and O–H groups in total. The molecule has 1 atom stereocenters. The molecule has 1 aliphatic rings. The Hall–Kier alpha value is -2.54. The number of carbonyl (C=O) groups is 1. The highest BCUT2D eigenvalue weighted by molar-refractivity contribution is 5.66. The Labute approximate surface area is 140 Å². The highest BCUT2D eigenvalue weighted by Crippen LogP contribution is 2.27. The van der Waals surface area contributed by atoms with Gasteiger partial charge in [-0.3, -0.25) is 4.79 Å². The molecule has 1 aliphatic heterocycles. The number of anilines is 2. The molecule has 2 aromatic rings. The van der Waals surface area contributed by atoms with Crippen LogP contribution in [0.3, 0.4) is 0 Å². The standard InChI is InChI=1S/C17H21N5O2/c1-12-19-14(13-5-8-22(11-13)9-6-17(23)24)10-16(20-12)21-15-4-2-3-7-18-15/h2-4,7,10,13H,5-6,8-9,11H2,1H3,(H,23,24)(H,18,19,20,21)/t13-/m1/s1. The summed E-state index contributed by atoms with van der Waals surface area (Å²) in [5.74, 6) is 1.76. The summed E-state index contributed by atoms with van der Waals surface area (Å²) in [7, 11) is 0. The predicted molar refractivity (Wildman–Crippen MR) is 90.3 cm³/mol. The molecule has 126 valence electrons. The Balaban J connectivity index is 1.69. The van der Waals surface area contributed by atoms with Gasteiger partial charge in [0.05, 0.1) is 12.1 Å². The van der Waals surface area contributed by atoms with Crippen LogP contribution in [0.15, 0.2) is 30.5 Å². The maximum absolute atomic E-state index is 10.7. The molecule has 7 nitrogen and oxygen atoms in total. The van der Waals surface area contributed by atoms with Gasteiger partial charge < -0.3 is 15.3 Å². The monoisotopic (exact) mass is 327 g/mol. The van der Waals surface area contributed by atoms with Gasteiger partial charge in [-0.25, -0.2) is 15.0 Å². The van der Waals surface area contributed by atoms with Crippen LogP contribution in [0.5, 0.6) is 0 Å². The number of pyridine rings is 1. The van der Waals surface area contributed by atoms with Crippen molar-refractivity contribution in [3.63, 3.8) is 0 Å². The molecular formula is C17H21N5O2. The molecule has 2 aromatic heterocycles. The van der Waals surface area contributed by atoms with E-state index in [0.717, 1.165) is 42.7 Å². The van der Waals surface area contributed by atoms with Crippen LogP contribution < -0.4 is 5.32 Å². The van der Waals surface area contributed by atoms with E-state index < -0.39 is 5.97 Å². The van der Waals surface area contributed by atoms with Crippen LogP contribution in [-0.4, -0.2) is 50.6 Å². The lowest BCUT2D eigenvalue weighted by Crippen LogP contribution is -2.23. The van der Waals surface area contributed by atoms with Crippen LogP contribution in [0.25, 0.3) is 0 Å². The number of carboxylic acids is 1. The SMILES string of the molecule is Cc1nc(Nc2ccccn2)cc([C@@H]2CCN(CCC(=O)O)C2)n1. The lowest BCUT2D eigenvalue weighted by molar-refractivity contribution is -0.137. The van der Waals surface area contributed by atoms with Crippen molar-refractivity contribution >= 4 is 17.6 Å². The van der Waals surface area contributed by atoms with Crippen molar-refractivity contribution in [2.24, 2.45) is 0 Å². The molecule has 0 bridgehead atoms. The summed E-state index contributed by atoms with van der Waals surface area (Å²) in [6.45, 7) is 4.22. The first-order valence-electron chi connectivity index (χ1n) is 8.08. The smallest absolute Gasteiger partial charge is 0.304 e. The van der Waals surface area contributed by atoms with E-state index in [1.165, 1.54) is 0 Å². The normalized spacial score (nSPS) is 17.8. The third-order valence-corrected chi connectivity index (χ3v) is 4.11. The van der Waals surface area contributed by atoms with E-state index in [1.807, 2.05) is 31.2 Å². The molecule has 0 unspecified atom stereocenters. The number of aliphatic carboxylic acids is 1. The molecule has 0 radical (unpaired) electrons. The summed E-state index contributed by atoms with van der Waals surface area (Å²) < 4.78 is 0. The van der Waals surface area contributed by atoms with Crippen LogP contribution in [-0.2, 0) is 4.79 Å². The number of hydrogen-bond acceptors (Lipinski definition) is 6. The van der Waals surface area contributed by atoms with E-state index in [9.17, 15) is 4.79 Å². The number of likely N-dealkylation sites (tertiary alicyclic amines) is 1. The quantitative estimate of drug-likeness (QED) is 0.840. The molecule has 0 aliphatic carbocycles. The fourth-order valence-electron chi connectivity index (χ4n) is 2.96. The summed E-state index contributed by atoms with van der Waals surface area (Å²) >= 11 is 0. The van der Waals surface area contributed by atoms with E-state index in [2.05, 4.69) is 25.2 Å². The van der Waals surface area contributed by atoms with E-state index in [-0.39, 0.29) is 6.42 Å². The van der Waals surface area contributed by atoms with Crippen LogP contribution in [0.2, 0.25) is 0 Å². The van der Waals surface area contributed by atoms with Crippen molar-refractivity contribution in [2.75, 3.05) is 25.0 Å². The lowest BCUT2D eigenvalue weighted by atomic mass is 10.0. The second kappa shape index (κ2) is 7.35. The number of carboxylic acid groups (broad SMARTS) is 1. The van der Waals surface area contributed by atoms with E-state index in [0.29, 0.717) is 12.5 Å². The molecule has 7 heteroatoms. The number of nitrogens with zero attached hydrogens (tertiary/aromatic N) is 4. The van der Waals surface area contributed by atoms with Crippen LogP contribution in [0, 0.1) is 6.92 Å². The number of aromatic nitrogens is 3. The zero-order valence-electron chi connectivity index (χ0n) is 13.6. The van der Waals surface area contributed by atoms with Gasteiger partial charge in [-0.1, -0.05) is 6.07 Å². The lowest BCUT2D eigenvalue weighted by Gasteiger charge is -2.15. The number of nitrogens with one attached hydrogen (secondary N) is 1. The highest BCUT2D eigenvalue weighted by atomic mass is 16.4. The largest absolute Gasteiger partial charge is 0.481 e. The van der Waals surface area contributed by atoms with Crippen LogP contribution in [0.4, 0.5) is 11.6 Å². The predicted octanol–water partition coefficient (Wildman–Crippen LogP) is 2.19. The summed E-state index contributed by atoms with van der Waals surface area (Å²) in [4.78, 5) is 26.1. The van der Waals surface area contributed by atoms with Gasteiger partial charge in [0.15, 0.2) is 0 Å². The van der Waals surface area contributed by atoms with Crippen LogP contribution >= 0.6 is 0 Å². The third kappa shape index (κ3) is 4.26. The topological polar surface area (TPSA) is 91.2 Å². The average Bonchev–Trinajstić information content (AvgIpc) is 3.02. The molecular weight excluding hydrogens is 306 g/mol. The van der Waals surface area contributed by atoms with Gasteiger partial charge in [0.1, 0.15) is 17.5 Å². The van der Waals surface area contributed by atoms with Crippen molar-refractivity contribution in [2.45, 2.75) is 25.7 Å². The van der Waals surface area contributed by atoms with Gasteiger partial charge in [0.2, 0.25) is 0 Å². The van der Waals surface area contributed by atoms with Gasteiger partial charge in [-0.15, -0.1) is 0 Å². The molecule has 0 amide bonds. The van der Waals surface area contributed by atoms with E-state index >= 15 is 0 Å². The minimum Gasteiger partial charge on any atom is -0.481 e. The van der Waals surface area contributed by atoms with Crippen molar-refractivity contribution in [1.82, 2.24) is 19.9 Å². The Morgan fingerprint density at radius 1 is 1.38 bits per heavy atom. The fourth-order valence-corrected chi connectivity index (χ4v) is 2.96. The Morgan fingerprint density at radius 3 is 3.00 bits per heavy atom. The van der Waals surface area contributed by atoms with Gasteiger partial charge in [0, 0.05) is 31.3 Å². The Bertz CT molecular complexity index is 707. The van der Waals surface area contributed by atoms with Crippen molar-refractivity contribution < 1.29 is 9.90 Å². The van der Waals surface area contributed by atoms with E-state index in [1.54, 1.807) is 6.20 Å². The van der Waals surface area contributed by atoms with Gasteiger partial charge >= 0.3 is 5.97 Å². The summed E-state index contributed by atoms with van der Waals surface area (Å²) in [6, 6.07) is 7.64. The van der Waals surface area contributed by atoms with Gasteiger partial charge in [-0.2, -0.15) is 0 Å². The number of rotatable bonds is 6. The Kier molecular flexibility index (Phi) is 5.00. The minimum absolute atomic E-state index is 0.183. The Morgan fingerprint density at radius 2 is 2.25 bits per heavy atom. The summed E-state index contributed by atoms with van der Waals surface area (Å²) in [5.41, 5.74) is 0.999. The van der Waals surface area contributed by atoms with Crippen molar-refractivity contribution in [3.05, 3.63) is 42.0 Å². The molecule has 24 heavy (non-hydrogen) atoms.